The van der Waals surface area contributed by atoms with E-state index >= 15 is 0 Å². The van der Waals surface area contributed by atoms with Gasteiger partial charge in [0.25, 0.3) is 0 Å². The fourth-order valence-corrected chi connectivity index (χ4v) is 3.33. The second kappa shape index (κ2) is 6.01. The highest BCUT2D eigenvalue weighted by Crippen LogP contribution is 2.25. The third-order valence-corrected chi connectivity index (χ3v) is 4.76. The topological polar surface area (TPSA) is 30.7 Å². The summed E-state index contributed by atoms with van der Waals surface area (Å²) in [5, 5.41) is 4.28. The maximum atomic E-state index is 14.4. The summed E-state index contributed by atoms with van der Waals surface area (Å²) in [5.41, 5.74) is 4.52. The second-order valence-electron chi connectivity index (χ2n) is 5.54. The number of aromatic nitrogens is 3. The van der Waals surface area contributed by atoms with Gasteiger partial charge in [0.05, 0.1) is 11.4 Å². The summed E-state index contributed by atoms with van der Waals surface area (Å²) in [6.07, 6.45) is 3.61. The van der Waals surface area contributed by atoms with Gasteiger partial charge in [-0.05, 0) is 67.5 Å². The molecule has 22 heavy (non-hydrogen) atoms. The molecule has 0 bridgehead atoms. The largest absolute Gasteiger partial charge is 0.268 e. The number of rotatable bonds is 4. The van der Waals surface area contributed by atoms with Crippen molar-refractivity contribution in [3.63, 3.8) is 0 Å². The maximum absolute atomic E-state index is 14.4. The fourth-order valence-electron chi connectivity index (χ4n) is 2.60. The number of halogens is 1. The molecule has 0 aliphatic heterocycles. The Kier molecular flexibility index (Phi) is 4.07. The van der Waals surface area contributed by atoms with Gasteiger partial charge in [-0.15, -0.1) is 0 Å². The summed E-state index contributed by atoms with van der Waals surface area (Å²) in [6, 6.07) is 7.38. The third-order valence-electron chi connectivity index (χ3n) is 3.80. The van der Waals surface area contributed by atoms with Gasteiger partial charge in [0.2, 0.25) is 0 Å². The van der Waals surface area contributed by atoms with Gasteiger partial charge in [-0.3, -0.25) is 4.68 Å². The maximum Gasteiger partial charge on any atom is 0.132 e. The van der Waals surface area contributed by atoms with E-state index in [0.29, 0.717) is 5.56 Å². The number of nitrogens with zero attached hydrogens (tertiary/aromatic N) is 3. The van der Waals surface area contributed by atoms with Crippen LogP contribution in [-0.4, -0.2) is 14.2 Å². The molecule has 0 N–H and O–H groups in total. The fraction of sp³-hybridized carbons (Fsp3) is 0.294. The first-order chi connectivity index (χ1) is 10.5. The summed E-state index contributed by atoms with van der Waals surface area (Å²) in [4.78, 5) is 1.27. The minimum atomic E-state index is -0.193. The van der Waals surface area contributed by atoms with Gasteiger partial charge in [0.15, 0.2) is 0 Å². The molecular formula is C17H18FN3S. The van der Waals surface area contributed by atoms with Crippen LogP contribution < -0.4 is 0 Å². The first kappa shape index (κ1) is 14.9. The zero-order valence-electron chi connectivity index (χ0n) is 12.9. The van der Waals surface area contributed by atoms with Crippen molar-refractivity contribution >= 4 is 11.5 Å². The van der Waals surface area contributed by atoms with Crippen LogP contribution in [0.3, 0.4) is 0 Å². The number of hydrogen-bond donors (Lipinski definition) is 0. The van der Waals surface area contributed by atoms with Crippen LogP contribution >= 0.6 is 11.5 Å². The lowest BCUT2D eigenvalue weighted by atomic mass is 10.0. The van der Waals surface area contributed by atoms with Gasteiger partial charge in [0, 0.05) is 23.7 Å². The minimum Gasteiger partial charge on any atom is -0.268 e. The molecule has 0 saturated carbocycles. The second-order valence-corrected chi connectivity index (χ2v) is 6.43. The molecule has 5 heteroatoms. The molecule has 2 heterocycles. The van der Waals surface area contributed by atoms with Crippen LogP contribution in [0.5, 0.6) is 0 Å². The molecule has 0 spiro atoms. The standard InChI is InChI=1S/C17H18FN3S/c1-11-10-19-22-17(11)7-5-13-4-6-14(15(18)9-13)16-8-12(2)20-21(16)3/h4,6,8-10H,5,7H2,1-3H3. The highest BCUT2D eigenvalue weighted by Gasteiger charge is 2.11. The molecule has 3 rings (SSSR count). The quantitative estimate of drug-likeness (QED) is 0.726. The average molecular weight is 315 g/mol. The monoisotopic (exact) mass is 315 g/mol. The van der Waals surface area contributed by atoms with E-state index in [4.69, 9.17) is 0 Å². The molecule has 0 fully saturated rings. The molecular weight excluding hydrogens is 297 g/mol. The Morgan fingerprint density at radius 2 is 2.00 bits per heavy atom. The van der Waals surface area contributed by atoms with Crippen molar-refractivity contribution < 1.29 is 4.39 Å². The van der Waals surface area contributed by atoms with Crippen LogP contribution in [0, 0.1) is 19.7 Å². The van der Waals surface area contributed by atoms with Crippen LogP contribution in [0.4, 0.5) is 4.39 Å². The first-order valence-corrected chi connectivity index (χ1v) is 8.01. The molecule has 3 nitrogen and oxygen atoms in total. The van der Waals surface area contributed by atoms with E-state index in [1.54, 1.807) is 10.7 Å². The summed E-state index contributed by atoms with van der Waals surface area (Å²) >= 11 is 1.52. The summed E-state index contributed by atoms with van der Waals surface area (Å²) in [7, 11) is 1.84. The Balaban J connectivity index is 1.80. The van der Waals surface area contributed by atoms with Gasteiger partial charge >= 0.3 is 0 Å². The lowest BCUT2D eigenvalue weighted by Crippen LogP contribution is -1.97. The van der Waals surface area contributed by atoms with Crippen molar-refractivity contribution in [3.8, 4) is 11.3 Å². The Bertz CT molecular complexity index is 804. The highest BCUT2D eigenvalue weighted by atomic mass is 32.1. The molecule has 0 aliphatic rings. The lowest BCUT2D eigenvalue weighted by Gasteiger charge is -2.07. The zero-order valence-corrected chi connectivity index (χ0v) is 13.7. The summed E-state index contributed by atoms with van der Waals surface area (Å²) in [5.74, 6) is -0.193. The highest BCUT2D eigenvalue weighted by molar-refractivity contribution is 7.05. The molecule has 2 aromatic heterocycles. The van der Waals surface area contributed by atoms with Gasteiger partial charge in [-0.1, -0.05) is 6.07 Å². The van der Waals surface area contributed by atoms with Gasteiger partial charge in [-0.25, -0.2) is 8.76 Å². The molecule has 1 aromatic carbocycles. The van der Waals surface area contributed by atoms with E-state index < -0.39 is 0 Å². The first-order valence-electron chi connectivity index (χ1n) is 7.24. The van der Waals surface area contributed by atoms with Crippen molar-refractivity contribution in [1.29, 1.82) is 0 Å². The Morgan fingerprint density at radius 3 is 2.59 bits per heavy atom. The molecule has 0 radical (unpaired) electrons. The van der Waals surface area contributed by atoms with Crippen LogP contribution in [0.15, 0.2) is 30.5 Å². The van der Waals surface area contributed by atoms with Crippen LogP contribution in [0.25, 0.3) is 11.3 Å². The minimum absolute atomic E-state index is 0.193. The van der Waals surface area contributed by atoms with Crippen molar-refractivity contribution in [1.82, 2.24) is 14.2 Å². The molecule has 0 saturated heterocycles. The summed E-state index contributed by atoms with van der Waals surface area (Å²) in [6.45, 7) is 3.97. The van der Waals surface area contributed by atoms with Gasteiger partial charge < -0.3 is 0 Å². The van der Waals surface area contributed by atoms with Gasteiger partial charge in [0.1, 0.15) is 5.82 Å². The molecule has 0 atom stereocenters. The van der Waals surface area contributed by atoms with E-state index in [9.17, 15) is 4.39 Å². The van der Waals surface area contributed by atoms with E-state index in [1.165, 1.54) is 22.0 Å². The van der Waals surface area contributed by atoms with Crippen molar-refractivity contribution in [3.05, 3.63) is 58.0 Å². The molecule has 0 amide bonds. The van der Waals surface area contributed by atoms with Crippen LogP contribution in [0.1, 0.15) is 21.7 Å². The predicted molar refractivity (Wildman–Crippen MR) is 87.6 cm³/mol. The van der Waals surface area contributed by atoms with E-state index in [2.05, 4.69) is 16.4 Å². The Hall–Kier alpha value is -2.01. The number of aryl methyl sites for hydroxylation is 5. The van der Waals surface area contributed by atoms with Crippen molar-refractivity contribution in [2.75, 3.05) is 0 Å². The van der Waals surface area contributed by atoms with Crippen molar-refractivity contribution in [2.24, 2.45) is 7.05 Å². The Labute approximate surface area is 133 Å². The van der Waals surface area contributed by atoms with Crippen LogP contribution in [0.2, 0.25) is 0 Å². The summed E-state index contributed by atoms with van der Waals surface area (Å²) < 4.78 is 20.3. The zero-order chi connectivity index (χ0) is 15.7. The lowest BCUT2D eigenvalue weighted by molar-refractivity contribution is 0.625. The van der Waals surface area contributed by atoms with E-state index in [1.807, 2.05) is 38.4 Å². The van der Waals surface area contributed by atoms with Crippen LogP contribution in [-0.2, 0) is 19.9 Å². The SMILES string of the molecule is Cc1cc(-c2ccc(CCc3sncc3C)cc2F)n(C)n1. The molecule has 3 aromatic rings. The predicted octanol–water partition coefficient (Wildman–Crippen LogP) is 4.08. The number of benzene rings is 1. The van der Waals surface area contributed by atoms with Gasteiger partial charge in [-0.2, -0.15) is 5.10 Å². The molecule has 0 unspecified atom stereocenters. The molecule has 0 aliphatic carbocycles. The Morgan fingerprint density at radius 1 is 1.18 bits per heavy atom. The smallest absolute Gasteiger partial charge is 0.132 e. The average Bonchev–Trinajstić information content (AvgIpc) is 3.02. The molecule has 114 valence electrons. The third kappa shape index (κ3) is 2.95. The van der Waals surface area contributed by atoms with E-state index in [0.717, 1.165) is 29.8 Å². The normalized spacial score (nSPS) is 11.1. The number of hydrogen-bond acceptors (Lipinski definition) is 3. The van der Waals surface area contributed by atoms with Crippen molar-refractivity contribution in [2.45, 2.75) is 26.7 Å². The van der Waals surface area contributed by atoms with E-state index in [-0.39, 0.29) is 5.82 Å².